The summed E-state index contributed by atoms with van der Waals surface area (Å²) in [5, 5.41) is 2.08. The number of carbonyl (C=O) groups excluding carboxylic acids is 2. The van der Waals surface area contributed by atoms with Crippen molar-refractivity contribution >= 4 is 34.8 Å². The van der Waals surface area contributed by atoms with Gasteiger partial charge in [0.15, 0.2) is 0 Å². The van der Waals surface area contributed by atoms with Gasteiger partial charge >= 0.3 is 0 Å². The molecule has 1 atom stereocenters. The first-order valence-electron chi connectivity index (χ1n) is 8.89. The SMILES string of the molecule is COCCN(CC(=O)N1CCc2sccc2[C@H]1c1ccccc1)C(=O)CCl. The lowest BCUT2D eigenvalue weighted by molar-refractivity contribution is -0.141. The first-order valence-corrected chi connectivity index (χ1v) is 10.3. The molecule has 0 N–H and O–H groups in total. The van der Waals surface area contributed by atoms with Crippen LogP contribution in [0, 0.1) is 0 Å². The van der Waals surface area contributed by atoms with Crippen LogP contribution in [0.2, 0.25) is 0 Å². The Morgan fingerprint density at radius 1 is 1.30 bits per heavy atom. The van der Waals surface area contributed by atoms with Crippen molar-refractivity contribution in [2.75, 3.05) is 39.2 Å². The number of carbonyl (C=O) groups is 2. The highest BCUT2D eigenvalue weighted by Crippen LogP contribution is 2.37. The van der Waals surface area contributed by atoms with Gasteiger partial charge in [0, 0.05) is 25.1 Å². The summed E-state index contributed by atoms with van der Waals surface area (Å²) in [4.78, 5) is 30.0. The van der Waals surface area contributed by atoms with Crippen LogP contribution in [-0.2, 0) is 20.7 Å². The van der Waals surface area contributed by atoms with E-state index in [-0.39, 0.29) is 30.3 Å². The molecule has 0 saturated carbocycles. The fourth-order valence-corrected chi connectivity index (χ4v) is 4.48. The number of amides is 2. The summed E-state index contributed by atoms with van der Waals surface area (Å²) < 4.78 is 5.06. The van der Waals surface area contributed by atoms with Crippen LogP contribution in [0.25, 0.3) is 0 Å². The molecular weight excluding hydrogens is 384 g/mol. The molecule has 0 aliphatic carbocycles. The van der Waals surface area contributed by atoms with Gasteiger partial charge in [-0.1, -0.05) is 30.3 Å². The smallest absolute Gasteiger partial charge is 0.242 e. The quantitative estimate of drug-likeness (QED) is 0.664. The van der Waals surface area contributed by atoms with Gasteiger partial charge in [-0.3, -0.25) is 9.59 Å². The zero-order chi connectivity index (χ0) is 19.2. The minimum atomic E-state index is -0.258. The number of alkyl halides is 1. The minimum Gasteiger partial charge on any atom is -0.383 e. The third kappa shape index (κ3) is 4.51. The molecule has 27 heavy (non-hydrogen) atoms. The van der Waals surface area contributed by atoms with Gasteiger partial charge in [-0.2, -0.15) is 0 Å². The lowest BCUT2D eigenvalue weighted by atomic mass is 9.93. The summed E-state index contributed by atoms with van der Waals surface area (Å²) in [6.07, 6.45) is 0.837. The number of benzene rings is 1. The second-order valence-electron chi connectivity index (χ2n) is 6.39. The average molecular weight is 407 g/mol. The van der Waals surface area contributed by atoms with Crippen LogP contribution in [0.3, 0.4) is 0 Å². The molecule has 0 fully saturated rings. The summed E-state index contributed by atoms with van der Waals surface area (Å²) in [5.41, 5.74) is 2.26. The zero-order valence-electron chi connectivity index (χ0n) is 15.3. The van der Waals surface area contributed by atoms with Gasteiger partial charge in [0.1, 0.15) is 5.88 Å². The van der Waals surface area contributed by atoms with Crippen molar-refractivity contribution in [3.63, 3.8) is 0 Å². The van der Waals surface area contributed by atoms with Crippen LogP contribution >= 0.6 is 22.9 Å². The van der Waals surface area contributed by atoms with E-state index in [2.05, 4.69) is 11.4 Å². The maximum Gasteiger partial charge on any atom is 0.242 e. The zero-order valence-corrected chi connectivity index (χ0v) is 16.8. The Labute approximate surface area is 168 Å². The number of halogens is 1. The van der Waals surface area contributed by atoms with Crippen molar-refractivity contribution in [3.8, 4) is 0 Å². The van der Waals surface area contributed by atoms with Gasteiger partial charge < -0.3 is 14.5 Å². The van der Waals surface area contributed by atoms with E-state index in [1.54, 1.807) is 18.4 Å². The molecule has 2 heterocycles. The van der Waals surface area contributed by atoms with Gasteiger partial charge in [0.05, 0.1) is 19.2 Å². The van der Waals surface area contributed by atoms with Crippen LogP contribution in [-0.4, -0.2) is 60.8 Å². The maximum absolute atomic E-state index is 13.2. The number of fused-ring (bicyclic) bond motifs is 1. The van der Waals surface area contributed by atoms with Gasteiger partial charge in [-0.25, -0.2) is 0 Å². The molecule has 0 unspecified atom stereocenters. The highest BCUT2D eigenvalue weighted by molar-refractivity contribution is 7.10. The Balaban J connectivity index is 1.85. The van der Waals surface area contributed by atoms with E-state index in [9.17, 15) is 9.59 Å². The van der Waals surface area contributed by atoms with Crippen molar-refractivity contribution in [3.05, 3.63) is 57.8 Å². The number of hydrogen-bond donors (Lipinski definition) is 0. The van der Waals surface area contributed by atoms with Gasteiger partial charge in [-0.05, 0) is 29.0 Å². The number of hydrogen-bond acceptors (Lipinski definition) is 4. The molecule has 0 saturated heterocycles. The van der Waals surface area contributed by atoms with Crippen LogP contribution in [0.15, 0.2) is 41.8 Å². The van der Waals surface area contributed by atoms with E-state index < -0.39 is 0 Å². The van der Waals surface area contributed by atoms with Crippen molar-refractivity contribution in [2.45, 2.75) is 12.5 Å². The predicted octanol–water partition coefficient (Wildman–Crippen LogP) is 2.94. The first-order chi connectivity index (χ1) is 13.2. The number of rotatable bonds is 7. The Hall–Kier alpha value is -1.89. The Kier molecular flexibility index (Phi) is 6.88. The van der Waals surface area contributed by atoms with E-state index >= 15 is 0 Å². The monoisotopic (exact) mass is 406 g/mol. The molecule has 0 bridgehead atoms. The van der Waals surface area contributed by atoms with Crippen LogP contribution in [0.5, 0.6) is 0 Å². The predicted molar refractivity (Wildman–Crippen MR) is 107 cm³/mol. The molecule has 144 valence electrons. The second kappa shape index (κ2) is 9.35. The summed E-state index contributed by atoms with van der Waals surface area (Å²) in [6, 6.07) is 12.0. The molecule has 5 nitrogen and oxygen atoms in total. The van der Waals surface area contributed by atoms with Crippen molar-refractivity contribution < 1.29 is 14.3 Å². The maximum atomic E-state index is 13.2. The number of thiophene rings is 1. The number of ether oxygens (including phenoxy) is 1. The van der Waals surface area contributed by atoms with Gasteiger partial charge in [-0.15, -0.1) is 22.9 Å². The van der Waals surface area contributed by atoms with Crippen LogP contribution < -0.4 is 0 Å². The summed E-state index contributed by atoms with van der Waals surface area (Å²) in [5.74, 6) is -0.477. The van der Waals surface area contributed by atoms with Crippen molar-refractivity contribution in [2.24, 2.45) is 0 Å². The molecule has 1 aromatic carbocycles. The molecule has 0 spiro atoms. The molecule has 0 radical (unpaired) electrons. The molecule has 2 aromatic rings. The highest BCUT2D eigenvalue weighted by atomic mass is 35.5. The molecule has 1 aromatic heterocycles. The Morgan fingerprint density at radius 2 is 2.07 bits per heavy atom. The molecule has 2 amide bonds. The Morgan fingerprint density at radius 3 is 2.78 bits per heavy atom. The third-order valence-corrected chi connectivity index (χ3v) is 5.99. The summed E-state index contributed by atoms with van der Waals surface area (Å²) in [7, 11) is 1.57. The van der Waals surface area contributed by atoms with E-state index in [0.29, 0.717) is 19.7 Å². The minimum absolute atomic E-state index is 0.0116. The summed E-state index contributed by atoms with van der Waals surface area (Å²) >= 11 is 7.45. The third-order valence-electron chi connectivity index (χ3n) is 4.76. The van der Waals surface area contributed by atoms with Crippen LogP contribution in [0.1, 0.15) is 22.0 Å². The van der Waals surface area contributed by atoms with Gasteiger partial charge in [0.25, 0.3) is 0 Å². The molecule has 7 heteroatoms. The van der Waals surface area contributed by atoms with E-state index in [1.807, 2.05) is 35.2 Å². The Bertz CT molecular complexity index is 781. The van der Waals surface area contributed by atoms with E-state index in [1.165, 1.54) is 15.3 Å². The van der Waals surface area contributed by atoms with E-state index in [0.717, 1.165) is 12.0 Å². The molecule has 1 aliphatic rings. The fraction of sp³-hybridized carbons (Fsp3) is 0.400. The normalized spacial score (nSPS) is 16.1. The van der Waals surface area contributed by atoms with Crippen LogP contribution in [0.4, 0.5) is 0 Å². The first kappa shape index (κ1) is 19.9. The largest absolute Gasteiger partial charge is 0.383 e. The van der Waals surface area contributed by atoms with E-state index in [4.69, 9.17) is 16.3 Å². The second-order valence-corrected chi connectivity index (χ2v) is 7.66. The number of methoxy groups -OCH3 is 1. The number of nitrogens with zero attached hydrogens (tertiary/aromatic N) is 2. The lowest BCUT2D eigenvalue weighted by Crippen LogP contribution is -2.47. The van der Waals surface area contributed by atoms with Gasteiger partial charge in [0.2, 0.25) is 11.8 Å². The summed E-state index contributed by atoms with van der Waals surface area (Å²) in [6.45, 7) is 1.37. The topological polar surface area (TPSA) is 49.9 Å². The lowest BCUT2D eigenvalue weighted by Gasteiger charge is -2.37. The molecule has 3 rings (SSSR count). The van der Waals surface area contributed by atoms with Crippen molar-refractivity contribution in [1.29, 1.82) is 0 Å². The fourth-order valence-electron chi connectivity index (χ4n) is 3.41. The highest BCUT2D eigenvalue weighted by Gasteiger charge is 2.33. The van der Waals surface area contributed by atoms with Crippen molar-refractivity contribution in [1.82, 2.24) is 9.80 Å². The molecule has 1 aliphatic heterocycles. The molecular formula is C20H23ClN2O3S. The average Bonchev–Trinajstić information content (AvgIpc) is 3.19. The standard InChI is InChI=1S/C20H23ClN2O3S/c1-26-11-10-22(18(24)13-21)14-19(25)23-9-7-17-16(8-12-27-17)20(23)15-5-3-2-4-6-15/h2-6,8,12,20H,7,9-11,13-14H2,1H3/t20-/m1/s1.